The number of carbonyl (C=O) groups excluding carboxylic acids is 3. The topological polar surface area (TPSA) is 122 Å². The van der Waals surface area contributed by atoms with Crippen LogP contribution in [0.2, 0.25) is 0 Å². The van der Waals surface area contributed by atoms with Gasteiger partial charge in [-0.2, -0.15) is 0 Å². The van der Waals surface area contributed by atoms with Gasteiger partial charge in [0, 0.05) is 5.56 Å². The molecule has 202 valence electrons. The first-order valence-electron chi connectivity index (χ1n) is 12.7. The second-order valence-corrected chi connectivity index (χ2v) is 9.25. The quantitative estimate of drug-likeness (QED) is 0.356. The van der Waals surface area contributed by atoms with Gasteiger partial charge >= 0.3 is 18.0 Å². The molecule has 1 fully saturated rings. The summed E-state index contributed by atoms with van der Waals surface area (Å²) < 4.78 is 11.4. The Balaban J connectivity index is 1.68. The number of hydrogen-bond donors (Lipinski definition) is 2. The molecule has 1 aliphatic rings. The Kier molecular flexibility index (Phi) is 8.60. The van der Waals surface area contributed by atoms with E-state index in [2.05, 4.69) is 5.32 Å². The zero-order chi connectivity index (χ0) is 27.8. The van der Waals surface area contributed by atoms with Crippen LogP contribution in [0.15, 0.2) is 84.9 Å². The lowest BCUT2D eigenvalue weighted by Gasteiger charge is -2.35. The molecule has 1 heterocycles. The highest BCUT2D eigenvalue weighted by atomic mass is 16.6. The Morgan fingerprint density at radius 3 is 2.21 bits per heavy atom. The van der Waals surface area contributed by atoms with Gasteiger partial charge in [-0.1, -0.05) is 92.6 Å². The number of aromatic carboxylic acids is 1. The van der Waals surface area contributed by atoms with Gasteiger partial charge in [0.25, 0.3) is 5.91 Å². The molecule has 3 aromatic rings. The SMILES string of the molecule is CCCC[C@@]1(CNC(=O)c2ccccc2C(=O)O)C(=O)O[C@H](c2ccccc2)N1C(=O)OCc1ccccc1. The Hall–Kier alpha value is -4.66. The van der Waals surface area contributed by atoms with E-state index >= 15 is 0 Å². The van der Waals surface area contributed by atoms with E-state index in [0.29, 0.717) is 18.4 Å². The Bertz CT molecular complexity index is 1330. The van der Waals surface area contributed by atoms with Crippen LogP contribution in [-0.2, 0) is 20.9 Å². The summed E-state index contributed by atoms with van der Waals surface area (Å²) >= 11 is 0. The van der Waals surface area contributed by atoms with Crippen molar-refractivity contribution in [2.45, 2.75) is 44.6 Å². The van der Waals surface area contributed by atoms with E-state index in [1.54, 1.807) is 30.3 Å². The molecule has 1 saturated heterocycles. The Morgan fingerprint density at radius 1 is 0.949 bits per heavy atom. The van der Waals surface area contributed by atoms with E-state index in [1.807, 2.05) is 43.3 Å². The van der Waals surface area contributed by atoms with Gasteiger partial charge in [-0.05, 0) is 24.1 Å². The lowest BCUT2D eigenvalue weighted by atomic mass is 9.90. The van der Waals surface area contributed by atoms with Crippen molar-refractivity contribution in [1.82, 2.24) is 10.2 Å². The van der Waals surface area contributed by atoms with Gasteiger partial charge in [0.1, 0.15) is 6.61 Å². The van der Waals surface area contributed by atoms with Gasteiger partial charge < -0.3 is 19.9 Å². The maximum Gasteiger partial charge on any atom is 0.414 e. The largest absolute Gasteiger partial charge is 0.478 e. The number of amides is 2. The summed E-state index contributed by atoms with van der Waals surface area (Å²) in [4.78, 5) is 53.3. The van der Waals surface area contributed by atoms with Crippen LogP contribution in [0.3, 0.4) is 0 Å². The van der Waals surface area contributed by atoms with Crippen molar-refractivity contribution in [3.8, 4) is 0 Å². The van der Waals surface area contributed by atoms with Crippen LogP contribution in [0, 0.1) is 0 Å². The summed E-state index contributed by atoms with van der Waals surface area (Å²) in [6, 6.07) is 23.8. The fourth-order valence-corrected chi connectivity index (χ4v) is 4.61. The van der Waals surface area contributed by atoms with E-state index in [4.69, 9.17) is 9.47 Å². The molecule has 9 heteroatoms. The minimum atomic E-state index is -1.57. The van der Waals surface area contributed by atoms with E-state index in [9.17, 15) is 24.3 Å². The molecule has 4 rings (SSSR count). The Morgan fingerprint density at radius 2 is 1.56 bits per heavy atom. The molecule has 2 N–H and O–H groups in total. The first-order chi connectivity index (χ1) is 18.9. The second kappa shape index (κ2) is 12.3. The van der Waals surface area contributed by atoms with Gasteiger partial charge in [0.05, 0.1) is 17.7 Å². The number of benzene rings is 3. The minimum Gasteiger partial charge on any atom is -0.478 e. The standard InChI is InChI=1S/C30H30N2O7/c1-2-3-18-30(20-31-25(33)23-16-10-11-17-24(23)27(34)35)28(36)39-26(22-14-8-5-9-15-22)32(30)29(37)38-19-21-12-6-4-7-13-21/h4-17,26H,2-3,18-20H2,1H3,(H,31,33)(H,34,35)/t26-,30-/m1/s1. The summed E-state index contributed by atoms with van der Waals surface area (Å²) in [5.74, 6) is -2.61. The van der Waals surface area contributed by atoms with E-state index in [0.717, 1.165) is 5.56 Å². The highest BCUT2D eigenvalue weighted by Crippen LogP contribution is 2.41. The average Bonchev–Trinajstić information content (AvgIpc) is 3.26. The van der Waals surface area contributed by atoms with Gasteiger partial charge in [-0.15, -0.1) is 0 Å². The molecule has 1 aliphatic heterocycles. The van der Waals surface area contributed by atoms with Crippen molar-refractivity contribution in [3.05, 3.63) is 107 Å². The van der Waals surface area contributed by atoms with E-state index in [1.165, 1.54) is 23.1 Å². The molecule has 0 saturated carbocycles. The van der Waals surface area contributed by atoms with Crippen molar-refractivity contribution in [1.29, 1.82) is 0 Å². The highest BCUT2D eigenvalue weighted by Gasteiger charge is 2.58. The van der Waals surface area contributed by atoms with Crippen LogP contribution in [-0.4, -0.2) is 46.0 Å². The van der Waals surface area contributed by atoms with Crippen molar-refractivity contribution in [2.75, 3.05) is 6.54 Å². The molecular weight excluding hydrogens is 500 g/mol. The van der Waals surface area contributed by atoms with Gasteiger partial charge in [0.2, 0.25) is 6.23 Å². The molecule has 0 spiro atoms. The summed E-state index contributed by atoms with van der Waals surface area (Å²) in [6.45, 7) is 1.64. The van der Waals surface area contributed by atoms with Gasteiger partial charge in [-0.3, -0.25) is 4.79 Å². The van der Waals surface area contributed by atoms with Crippen LogP contribution < -0.4 is 5.32 Å². The van der Waals surface area contributed by atoms with Crippen LogP contribution in [0.1, 0.15) is 64.3 Å². The summed E-state index contributed by atoms with van der Waals surface area (Å²) in [7, 11) is 0. The number of hydrogen-bond acceptors (Lipinski definition) is 6. The molecule has 0 unspecified atom stereocenters. The third kappa shape index (κ3) is 5.93. The molecule has 0 radical (unpaired) electrons. The van der Waals surface area contributed by atoms with Crippen molar-refractivity contribution in [2.24, 2.45) is 0 Å². The number of carbonyl (C=O) groups is 4. The van der Waals surface area contributed by atoms with Crippen molar-refractivity contribution >= 4 is 23.9 Å². The third-order valence-electron chi connectivity index (χ3n) is 6.67. The molecule has 39 heavy (non-hydrogen) atoms. The van der Waals surface area contributed by atoms with Crippen LogP contribution in [0.25, 0.3) is 0 Å². The molecular formula is C30H30N2O7. The normalized spacial score (nSPS) is 18.3. The molecule has 2 amide bonds. The van der Waals surface area contributed by atoms with E-state index in [-0.39, 0.29) is 30.7 Å². The van der Waals surface area contributed by atoms with E-state index < -0.39 is 35.7 Å². The number of ether oxygens (including phenoxy) is 2. The van der Waals surface area contributed by atoms with Crippen LogP contribution in [0.4, 0.5) is 4.79 Å². The van der Waals surface area contributed by atoms with Gasteiger partial charge in [0.15, 0.2) is 5.54 Å². The number of nitrogens with one attached hydrogen (secondary N) is 1. The monoisotopic (exact) mass is 530 g/mol. The Labute approximate surface area is 226 Å². The average molecular weight is 531 g/mol. The predicted octanol–water partition coefficient (Wildman–Crippen LogP) is 4.94. The molecule has 0 aromatic heterocycles. The molecule has 0 aliphatic carbocycles. The summed E-state index contributed by atoms with van der Waals surface area (Å²) in [5.41, 5.74) is -0.458. The zero-order valence-electron chi connectivity index (χ0n) is 21.5. The lowest BCUT2D eigenvalue weighted by Crippen LogP contribution is -2.58. The molecule has 9 nitrogen and oxygen atoms in total. The number of carboxylic acid groups (broad SMARTS) is 1. The number of carboxylic acids is 1. The smallest absolute Gasteiger partial charge is 0.414 e. The van der Waals surface area contributed by atoms with Crippen LogP contribution >= 0.6 is 0 Å². The molecule has 3 aromatic carbocycles. The number of rotatable bonds is 10. The lowest BCUT2D eigenvalue weighted by molar-refractivity contribution is -0.145. The zero-order valence-corrected chi connectivity index (χ0v) is 21.5. The van der Waals surface area contributed by atoms with Crippen molar-refractivity contribution in [3.63, 3.8) is 0 Å². The fraction of sp³-hybridized carbons (Fsp3) is 0.267. The predicted molar refractivity (Wildman–Crippen MR) is 142 cm³/mol. The summed E-state index contributed by atoms with van der Waals surface area (Å²) in [5, 5.41) is 12.2. The van der Waals surface area contributed by atoms with Gasteiger partial charge in [-0.25, -0.2) is 19.3 Å². The first kappa shape index (κ1) is 27.4. The maximum absolute atomic E-state index is 13.7. The first-order valence-corrected chi connectivity index (χ1v) is 12.7. The second-order valence-electron chi connectivity index (χ2n) is 9.25. The third-order valence-corrected chi connectivity index (χ3v) is 6.67. The summed E-state index contributed by atoms with van der Waals surface area (Å²) in [6.07, 6.45) is -0.363. The molecule has 0 bridgehead atoms. The van der Waals surface area contributed by atoms with Crippen LogP contribution in [0.5, 0.6) is 0 Å². The highest BCUT2D eigenvalue weighted by molar-refractivity contribution is 6.05. The van der Waals surface area contributed by atoms with Crippen molar-refractivity contribution < 1.29 is 33.8 Å². The minimum absolute atomic E-state index is 0.0198. The maximum atomic E-state index is 13.7. The number of unbranched alkanes of at least 4 members (excludes halogenated alkanes) is 1. The fourth-order valence-electron chi connectivity index (χ4n) is 4.61. The number of nitrogens with zero attached hydrogens (tertiary/aromatic N) is 1. The molecule has 2 atom stereocenters. The number of cyclic esters (lactones) is 1. The number of esters is 1.